The molecule has 3 unspecified atom stereocenters. The summed E-state index contributed by atoms with van der Waals surface area (Å²) in [5, 5.41) is 9.79. The summed E-state index contributed by atoms with van der Waals surface area (Å²) in [6.07, 6.45) is 60.1. The third kappa shape index (κ3) is 51.8. The van der Waals surface area contributed by atoms with Crippen molar-refractivity contribution in [3.05, 3.63) is 72.9 Å². The number of hydrogen-bond acceptors (Lipinski definition) is 10. The molecule has 0 aromatic rings. The van der Waals surface area contributed by atoms with Gasteiger partial charge in [-0.25, -0.2) is 4.57 Å². The Balaban J connectivity index is 4.77. The number of hydrogen-bond donors (Lipinski definition) is 2. The molecule has 0 aliphatic heterocycles. The molecule has 72 heavy (non-hydrogen) atoms. The average Bonchev–Trinajstić information content (AvgIpc) is 3.37. The Morgan fingerprint density at radius 3 is 1.17 bits per heavy atom. The Labute approximate surface area is 439 Å². The van der Waals surface area contributed by atoms with E-state index in [-0.39, 0.29) is 25.9 Å². The lowest BCUT2D eigenvalue weighted by atomic mass is 10.1. The van der Waals surface area contributed by atoms with Gasteiger partial charge >= 0.3 is 25.7 Å². The van der Waals surface area contributed by atoms with E-state index in [0.717, 1.165) is 89.9 Å². The number of phosphoric acid groups is 1. The first-order valence-electron chi connectivity index (χ1n) is 28.8. The number of ether oxygens (including phenoxy) is 3. The first-order valence-corrected chi connectivity index (χ1v) is 30.3. The van der Waals surface area contributed by atoms with E-state index >= 15 is 0 Å². The van der Waals surface area contributed by atoms with Crippen molar-refractivity contribution in [2.24, 2.45) is 0 Å². The van der Waals surface area contributed by atoms with E-state index in [0.29, 0.717) is 19.3 Å². The highest BCUT2D eigenvalue weighted by Gasteiger charge is 2.28. The zero-order chi connectivity index (χ0) is 52.7. The molecule has 0 amide bonds. The van der Waals surface area contributed by atoms with Gasteiger partial charge in [-0.1, -0.05) is 216 Å². The van der Waals surface area contributed by atoms with Crippen molar-refractivity contribution in [3.63, 3.8) is 0 Å². The second-order valence-corrected chi connectivity index (χ2v) is 20.5. The maximum Gasteiger partial charge on any atom is 0.472 e. The number of aliphatic hydroxyl groups is 1. The molecule has 0 aliphatic carbocycles. The summed E-state index contributed by atoms with van der Waals surface area (Å²) in [4.78, 5) is 48.5. The summed E-state index contributed by atoms with van der Waals surface area (Å²) in [6.45, 7) is 4.46. The quantitative estimate of drug-likeness (QED) is 0.0197. The Morgan fingerprint density at radius 1 is 0.403 bits per heavy atom. The molecule has 0 heterocycles. The van der Waals surface area contributed by atoms with Crippen molar-refractivity contribution in [1.82, 2.24) is 0 Å². The maximum absolute atomic E-state index is 12.9. The van der Waals surface area contributed by atoms with E-state index < -0.39 is 57.8 Å². The standard InChI is InChI=1S/C60H105O11P/c1-4-7-10-13-16-19-22-24-26-27-28-29-31-33-36-39-42-45-48-51-60(64)71-57(53-67-58(62)49-46-43-40-37-35-32-30-25-23-20-17-14-11-8-5-2)55-69-72(65,66)68-54-56(52-61)70-59(63)50-47-44-41-38-34-21-18-15-12-9-6-3/h8,11,16-17,19-20,24-26,30,35,37,56-57,61H,4-7,9-10,12-15,18,21-23,27-29,31-34,36,38-55H2,1-3H3,(H,65,66)/b11-8-,19-16-,20-17-,26-24-,30-25-,37-35-. The number of esters is 3. The predicted molar refractivity (Wildman–Crippen MR) is 298 cm³/mol. The van der Waals surface area contributed by atoms with E-state index in [1.165, 1.54) is 103 Å². The molecule has 11 nitrogen and oxygen atoms in total. The number of allylic oxidation sites excluding steroid dienone is 12. The van der Waals surface area contributed by atoms with Crippen LogP contribution in [0, 0.1) is 0 Å². The lowest BCUT2D eigenvalue weighted by Gasteiger charge is -2.21. The summed E-state index contributed by atoms with van der Waals surface area (Å²) in [6, 6.07) is 0. The molecular formula is C60H105O11P. The molecule has 0 saturated carbocycles. The van der Waals surface area contributed by atoms with Gasteiger partial charge in [-0.3, -0.25) is 23.4 Å². The monoisotopic (exact) mass is 1030 g/mol. The molecular weight excluding hydrogens is 928 g/mol. The molecule has 0 aliphatic rings. The lowest BCUT2D eigenvalue weighted by molar-refractivity contribution is -0.161. The molecule has 416 valence electrons. The number of aliphatic hydroxyl groups excluding tert-OH is 1. The number of carbonyl (C=O) groups is 3. The molecule has 0 rings (SSSR count). The smallest absolute Gasteiger partial charge is 0.462 e. The second-order valence-electron chi connectivity index (χ2n) is 19.1. The van der Waals surface area contributed by atoms with Gasteiger partial charge in [0.2, 0.25) is 0 Å². The van der Waals surface area contributed by atoms with Crippen molar-refractivity contribution in [1.29, 1.82) is 0 Å². The van der Waals surface area contributed by atoms with Crippen LogP contribution in [0.3, 0.4) is 0 Å². The molecule has 0 radical (unpaired) electrons. The molecule has 0 bridgehead atoms. The third-order valence-electron chi connectivity index (χ3n) is 12.1. The van der Waals surface area contributed by atoms with Crippen molar-refractivity contribution < 1.29 is 52.2 Å². The maximum atomic E-state index is 12.9. The number of phosphoric ester groups is 1. The van der Waals surface area contributed by atoms with Crippen LogP contribution in [0.25, 0.3) is 0 Å². The van der Waals surface area contributed by atoms with Gasteiger partial charge in [0.05, 0.1) is 19.8 Å². The van der Waals surface area contributed by atoms with E-state index in [1.807, 2.05) is 0 Å². The highest BCUT2D eigenvalue weighted by Crippen LogP contribution is 2.43. The van der Waals surface area contributed by atoms with Crippen LogP contribution >= 0.6 is 7.82 Å². The number of rotatable bonds is 53. The predicted octanol–water partition coefficient (Wildman–Crippen LogP) is 16.9. The minimum absolute atomic E-state index is 0.153. The van der Waals surface area contributed by atoms with Gasteiger partial charge in [-0.15, -0.1) is 0 Å². The van der Waals surface area contributed by atoms with Crippen molar-refractivity contribution in [2.45, 2.75) is 264 Å². The van der Waals surface area contributed by atoms with Crippen molar-refractivity contribution in [3.8, 4) is 0 Å². The van der Waals surface area contributed by atoms with Crippen molar-refractivity contribution in [2.75, 3.05) is 26.4 Å². The molecule has 0 aromatic carbocycles. The van der Waals surface area contributed by atoms with Crippen LogP contribution in [0.5, 0.6) is 0 Å². The first kappa shape index (κ1) is 68.9. The highest BCUT2D eigenvalue weighted by atomic mass is 31.2. The molecule has 0 spiro atoms. The minimum atomic E-state index is -4.75. The van der Waals surface area contributed by atoms with Gasteiger partial charge < -0.3 is 24.2 Å². The highest BCUT2D eigenvalue weighted by molar-refractivity contribution is 7.47. The molecule has 0 saturated heterocycles. The minimum Gasteiger partial charge on any atom is -0.462 e. The largest absolute Gasteiger partial charge is 0.472 e. The van der Waals surface area contributed by atoms with E-state index in [1.54, 1.807) is 0 Å². The fraction of sp³-hybridized carbons (Fsp3) is 0.750. The fourth-order valence-corrected chi connectivity index (χ4v) is 8.51. The van der Waals surface area contributed by atoms with Gasteiger partial charge in [-0.2, -0.15) is 0 Å². The Bertz CT molecular complexity index is 1490. The zero-order valence-electron chi connectivity index (χ0n) is 45.9. The number of carbonyl (C=O) groups excluding carboxylic acids is 3. The number of unbranched alkanes of at least 4 members (excludes halogenated alkanes) is 24. The van der Waals surface area contributed by atoms with Crippen LogP contribution < -0.4 is 0 Å². The molecule has 0 aromatic heterocycles. The van der Waals surface area contributed by atoms with Gasteiger partial charge in [0.25, 0.3) is 0 Å². The molecule has 12 heteroatoms. The van der Waals surface area contributed by atoms with Gasteiger partial charge in [0.1, 0.15) is 12.7 Å². The topological polar surface area (TPSA) is 155 Å². The van der Waals surface area contributed by atoms with E-state index in [2.05, 4.69) is 93.7 Å². The molecule has 2 N–H and O–H groups in total. The van der Waals surface area contributed by atoms with Crippen LogP contribution in [0.15, 0.2) is 72.9 Å². The summed E-state index contributed by atoms with van der Waals surface area (Å²) in [7, 11) is -4.75. The van der Waals surface area contributed by atoms with Crippen LogP contribution in [0.1, 0.15) is 252 Å². The van der Waals surface area contributed by atoms with Gasteiger partial charge in [0.15, 0.2) is 6.10 Å². The fourth-order valence-electron chi connectivity index (χ4n) is 7.73. The molecule has 0 fully saturated rings. The SMILES string of the molecule is CC/C=C\C/C=C\C/C=C\C/C=C\CCCCC(=O)OCC(COP(=O)(O)OCC(CO)OC(=O)CCCCCCCCCCCCC)OC(=O)CCCCCCCCCCC/C=C\C/C=C\CCCCC. The summed E-state index contributed by atoms with van der Waals surface area (Å²) in [5.41, 5.74) is 0. The zero-order valence-corrected chi connectivity index (χ0v) is 46.8. The Morgan fingerprint density at radius 2 is 0.722 bits per heavy atom. The van der Waals surface area contributed by atoms with Gasteiger partial charge in [-0.05, 0) is 89.9 Å². The van der Waals surface area contributed by atoms with Crippen molar-refractivity contribution >= 4 is 25.7 Å². The van der Waals surface area contributed by atoms with Crippen LogP contribution in [-0.2, 0) is 42.2 Å². The van der Waals surface area contributed by atoms with E-state index in [9.17, 15) is 28.9 Å². The normalized spacial score (nSPS) is 13.9. The Hall–Kier alpha value is -3.08. The Kier molecular flexibility index (Phi) is 51.9. The summed E-state index contributed by atoms with van der Waals surface area (Å²) in [5.74, 6) is -1.51. The second kappa shape index (κ2) is 54.2. The average molecular weight is 1030 g/mol. The van der Waals surface area contributed by atoms with Crippen LogP contribution in [-0.4, -0.2) is 66.5 Å². The third-order valence-corrected chi connectivity index (χ3v) is 13.1. The first-order chi connectivity index (χ1) is 35.2. The lowest BCUT2D eigenvalue weighted by Crippen LogP contribution is -2.30. The summed E-state index contributed by atoms with van der Waals surface area (Å²) < 4.78 is 39.4. The van der Waals surface area contributed by atoms with Crippen LogP contribution in [0.2, 0.25) is 0 Å². The van der Waals surface area contributed by atoms with Gasteiger partial charge in [0, 0.05) is 19.3 Å². The van der Waals surface area contributed by atoms with Crippen LogP contribution in [0.4, 0.5) is 0 Å². The molecule has 3 atom stereocenters. The summed E-state index contributed by atoms with van der Waals surface area (Å²) >= 11 is 0. The van der Waals surface area contributed by atoms with E-state index in [4.69, 9.17) is 23.3 Å².